The maximum absolute atomic E-state index is 12.4. The molecule has 0 saturated carbocycles. The van der Waals surface area contributed by atoms with E-state index in [1.54, 1.807) is 30.3 Å². The van der Waals surface area contributed by atoms with Crippen molar-refractivity contribution >= 4 is 21.6 Å². The quantitative estimate of drug-likeness (QED) is 0.915. The Bertz CT molecular complexity index is 799. The van der Waals surface area contributed by atoms with Crippen LogP contribution in [0.4, 0.5) is 5.69 Å². The molecule has 1 amide bonds. The fraction of sp³-hybridized carbons (Fsp3) is 0.235. The normalized spacial score (nSPS) is 11.5. The predicted molar refractivity (Wildman–Crippen MR) is 90.8 cm³/mol. The van der Waals surface area contributed by atoms with Gasteiger partial charge in [-0.15, -0.1) is 0 Å². The molecule has 1 N–H and O–H groups in total. The van der Waals surface area contributed by atoms with Gasteiger partial charge in [-0.05, 0) is 37.6 Å². The first-order valence-electron chi connectivity index (χ1n) is 7.19. The number of para-hydroxylation sites is 1. The zero-order valence-electron chi connectivity index (χ0n) is 13.4. The average molecular weight is 332 g/mol. The Balaban J connectivity index is 2.08. The first-order valence-corrected chi connectivity index (χ1v) is 8.63. The molecule has 6 heteroatoms. The highest BCUT2D eigenvalue weighted by Gasteiger charge is 2.22. The molecular weight excluding hydrogens is 312 g/mol. The molecule has 122 valence electrons. The SMILES string of the molecule is Cc1ccc(S(=O)(=O)N(C)CC(=O)Nc2ccccc2C)cc1. The van der Waals surface area contributed by atoms with Crippen molar-refractivity contribution in [1.29, 1.82) is 0 Å². The van der Waals surface area contributed by atoms with Gasteiger partial charge in [0.2, 0.25) is 15.9 Å². The number of likely N-dealkylation sites (N-methyl/N-ethyl adjacent to an activating group) is 1. The van der Waals surface area contributed by atoms with Gasteiger partial charge in [0.1, 0.15) is 0 Å². The van der Waals surface area contributed by atoms with Crippen LogP contribution in [0, 0.1) is 13.8 Å². The van der Waals surface area contributed by atoms with Crippen molar-refractivity contribution < 1.29 is 13.2 Å². The molecule has 0 aliphatic heterocycles. The molecule has 2 aromatic rings. The molecule has 5 nitrogen and oxygen atoms in total. The van der Waals surface area contributed by atoms with Gasteiger partial charge in [-0.25, -0.2) is 8.42 Å². The summed E-state index contributed by atoms with van der Waals surface area (Å²) in [5, 5.41) is 2.73. The van der Waals surface area contributed by atoms with E-state index < -0.39 is 10.0 Å². The van der Waals surface area contributed by atoms with Crippen molar-refractivity contribution in [3.63, 3.8) is 0 Å². The molecule has 0 aliphatic rings. The van der Waals surface area contributed by atoms with Crippen LogP contribution in [0.3, 0.4) is 0 Å². The first kappa shape index (κ1) is 17.2. The minimum absolute atomic E-state index is 0.175. The third kappa shape index (κ3) is 4.18. The fourth-order valence-corrected chi connectivity index (χ4v) is 3.21. The summed E-state index contributed by atoms with van der Waals surface area (Å²) in [7, 11) is -2.29. The van der Waals surface area contributed by atoms with Gasteiger partial charge in [0.05, 0.1) is 11.4 Å². The summed E-state index contributed by atoms with van der Waals surface area (Å²) in [6, 6.07) is 13.9. The molecule has 0 fully saturated rings. The third-order valence-corrected chi connectivity index (χ3v) is 5.33. The van der Waals surface area contributed by atoms with E-state index in [0.717, 1.165) is 15.4 Å². The Labute approximate surface area is 137 Å². The summed E-state index contributed by atoms with van der Waals surface area (Å²) >= 11 is 0. The minimum Gasteiger partial charge on any atom is -0.325 e. The molecule has 0 unspecified atom stereocenters. The predicted octanol–water partition coefficient (Wildman–Crippen LogP) is 2.56. The van der Waals surface area contributed by atoms with E-state index in [4.69, 9.17) is 0 Å². The number of nitrogens with zero attached hydrogens (tertiary/aromatic N) is 1. The monoisotopic (exact) mass is 332 g/mol. The molecule has 0 bridgehead atoms. The van der Waals surface area contributed by atoms with E-state index in [-0.39, 0.29) is 17.3 Å². The van der Waals surface area contributed by atoms with E-state index in [1.807, 2.05) is 32.0 Å². The first-order chi connectivity index (χ1) is 10.8. The topological polar surface area (TPSA) is 66.5 Å². The molecule has 0 spiro atoms. The summed E-state index contributed by atoms with van der Waals surface area (Å²) in [5.41, 5.74) is 2.58. The van der Waals surface area contributed by atoms with Crippen molar-refractivity contribution in [2.75, 3.05) is 18.9 Å². The van der Waals surface area contributed by atoms with Gasteiger partial charge in [0, 0.05) is 12.7 Å². The second-order valence-electron chi connectivity index (χ2n) is 5.44. The Hall–Kier alpha value is -2.18. The van der Waals surface area contributed by atoms with Crippen LogP contribution in [0.15, 0.2) is 53.4 Å². The van der Waals surface area contributed by atoms with Crippen LogP contribution >= 0.6 is 0 Å². The molecule has 0 aromatic heterocycles. The van der Waals surface area contributed by atoms with Crippen molar-refractivity contribution in [2.24, 2.45) is 0 Å². The summed E-state index contributed by atoms with van der Waals surface area (Å²) in [4.78, 5) is 12.3. The second-order valence-corrected chi connectivity index (χ2v) is 7.48. The van der Waals surface area contributed by atoms with Gasteiger partial charge < -0.3 is 5.32 Å². The number of amides is 1. The number of sulfonamides is 1. The second kappa shape index (κ2) is 6.93. The number of anilines is 1. The van der Waals surface area contributed by atoms with Crippen molar-refractivity contribution in [3.05, 3.63) is 59.7 Å². The molecule has 2 aromatic carbocycles. The van der Waals surface area contributed by atoms with Gasteiger partial charge in [0.15, 0.2) is 0 Å². The number of benzene rings is 2. The van der Waals surface area contributed by atoms with Gasteiger partial charge in [-0.2, -0.15) is 4.31 Å². The molecule has 0 saturated heterocycles. The lowest BCUT2D eigenvalue weighted by Gasteiger charge is -2.17. The number of carbonyl (C=O) groups excluding carboxylic acids is 1. The standard InChI is InChI=1S/C17H20N2O3S/c1-13-8-10-15(11-9-13)23(21,22)19(3)12-17(20)18-16-7-5-4-6-14(16)2/h4-11H,12H2,1-3H3,(H,18,20). The molecule has 0 heterocycles. The van der Waals surface area contributed by atoms with Crippen LogP contribution in [0.25, 0.3) is 0 Å². The Morgan fingerprint density at radius 1 is 1.04 bits per heavy atom. The van der Waals surface area contributed by atoms with Gasteiger partial charge in [-0.3, -0.25) is 4.79 Å². The molecule has 23 heavy (non-hydrogen) atoms. The summed E-state index contributed by atoms with van der Waals surface area (Å²) in [6.07, 6.45) is 0. The van der Waals surface area contributed by atoms with Crippen LogP contribution in [0.2, 0.25) is 0 Å². The highest BCUT2D eigenvalue weighted by atomic mass is 32.2. The smallest absolute Gasteiger partial charge is 0.243 e. The molecule has 2 rings (SSSR count). The maximum atomic E-state index is 12.4. The number of hydrogen-bond acceptors (Lipinski definition) is 3. The number of nitrogens with one attached hydrogen (secondary N) is 1. The molecule has 0 aliphatic carbocycles. The third-order valence-electron chi connectivity index (χ3n) is 3.51. The van der Waals surface area contributed by atoms with Gasteiger partial charge in [-0.1, -0.05) is 35.9 Å². The van der Waals surface area contributed by atoms with E-state index in [1.165, 1.54) is 7.05 Å². The Kier molecular flexibility index (Phi) is 5.18. The van der Waals surface area contributed by atoms with E-state index >= 15 is 0 Å². The maximum Gasteiger partial charge on any atom is 0.243 e. The van der Waals surface area contributed by atoms with Crippen LogP contribution in [0.1, 0.15) is 11.1 Å². The van der Waals surface area contributed by atoms with E-state index in [2.05, 4.69) is 5.32 Å². The summed E-state index contributed by atoms with van der Waals surface area (Å²) in [6.45, 7) is 3.52. The highest BCUT2D eigenvalue weighted by Crippen LogP contribution is 2.16. The van der Waals surface area contributed by atoms with Crippen LogP contribution in [-0.4, -0.2) is 32.2 Å². The lowest BCUT2D eigenvalue weighted by atomic mass is 10.2. The highest BCUT2D eigenvalue weighted by molar-refractivity contribution is 7.89. The molecular formula is C17H20N2O3S. The summed E-state index contributed by atoms with van der Waals surface area (Å²) < 4.78 is 25.9. The zero-order chi connectivity index (χ0) is 17.0. The van der Waals surface area contributed by atoms with Gasteiger partial charge >= 0.3 is 0 Å². The van der Waals surface area contributed by atoms with Crippen molar-refractivity contribution in [3.8, 4) is 0 Å². The van der Waals surface area contributed by atoms with Crippen LogP contribution in [-0.2, 0) is 14.8 Å². The number of carbonyl (C=O) groups is 1. The van der Waals surface area contributed by atoms with Crippen LogP contribution < -0.4 is 5.32 Å². The zero-order valence-corrected chi connectivity index (χ0v) is 14.2. The molecule has 0 radical (unpaired) electrons. The average Bonchev–Trinajstić information content (AvgIpc) is 2.50. The summed E-state index contributed by atoms with van der Waals surface area (Å²) in [5.74, 6) is -0.377. The van der Waals surface area contributed by atoms with E-state index in [0.29, 0.717) is 5.69 Å². The number of aryl methyl sites for hydroxylation is 2. The van der Waals surface area contributed by atoms with Gasteiger partial charge in [0.25, 0.3) is 0 Å². The fourth-order valence-electron chi connectivity index (χ4n) is 2.08. The Morgan fingerprint density at radius 2 is 1.65 bits per heavy atom. The van der Waals surface area contributed by atoms with Crippen LogP contribution in [0.5, 0.6) is 0 Å². The number of hydrogen-bond donors (Lipinski definition) is 1. The Morgan fingerprint density at radius 3 is 2.26 bits per heavy atom. The largest absolute Gasteiger partial charge is 0.325 e. The van der Waals surface area contributed by atoms with E-state index in [9.17, 15) is 13.2 Å². The lowest BCUT2D eigenvalue weighted by molar-refractivity contribution is -0.116. The minimum atomic E-state index is -3.68. The van der Waals surface area contributed by atoms with Crippen molar-refractivity contribution in [1.82, 2.24) is 4.31 Å². The number of rotatable bonds is 5. The lowest BCUT2D eigenvalue weighted by Crippen LogP contribution is -2.35. The van der Waals surface area contributed by atoms with Crippen molar-refractivity contribution in [2.45, 2.75) is 18.7 Å². The molecule has 0 atom stereocenters.